The van der Waals surface area contributed by atoms with E-state index in [0.29, 0.717) is 12.1 Å². The van der Waals surface area contributed by atoms with E-state index in [4.69, 9.17) is 4.74 Å². The van der Waals surface area contributed by atoms with E-state index in [9.17, 15) is 13.6 Å². The molecule has 1 fully saturated rings. The molecule has 3 rings (SSSR count). The van der Waals surface area contributed by atoms with Crippen molar-refractivity contribution in [1.82, 2.24) is 5.32 Å². The highest BCUT2D eigenvalue weighted by Crippen LogP contribution is 2.29. The second kappa shape index (κ2) is 9.50. The second-order valence-corrected chi connectivity index (χ2v) is 6.88. The summed E-state index contributed by atoms with van der Waals surface area (Å²) in [6.45, 7) is 0.945. The number of alkyl halides is 2. The number of carbonyl (C=O) groups excluding carboxylic acids is 1. The molecule has 2 aromatic rings. The van der Waals surface area contributed by atoms with Crippen LogP contribution in [0.5, 0.6) is 11.5 Å². The van der Waals surface area contributed by atoms with Crippen LogP contribution in [0, 0.1) is 0 Å². The first-order valence-corrected chi connectivity index (χ1v) is 9.37. The van der Waals surface area contributed by atoms with E-state index in [2.05, 4.69) is 22.2 Å². The van der Waals surface area contributed by atoms with Gasteiger partial charge in [0.15, 0.2) is 11.5 Å². The number of nitrogens with one attached hydrogen (secondary N) is 2. The van der Waals surface area contributed by atoms with Crippen LogP contribution >= 0.6 is 0 Å². The lowest BCUT2D eigenvalue weighted by atomic mass is 10.1. The van der Waals surface area contributed by atoms with Crippen molar-refractivity contribution in [3.05, 3.63) is 59.2 Å². The monoisotopic (exact) mass is 391 g/mol. The van der Waals surface area contributed by atoms with Crippen LogP contribution in [0.3, 0.4) is 0 Å². The number of amides is 1. The Bertz CT molecular complexity index is 791. The summed E-state index contributed by atoms with van der Waals surface area (Å²) in [7, 11) is 1.33. The SMILES string of the molecule is COc1cc(C(=O)NCc2ccc(C[NH+]3CCCC3)cc2)ccc1OC(F)F. The standard InChI is InChI=1S/C21H24F2N2O3/c1-27-19-12-17(8-9-18(19)28-21(22)23)20(26)24-13-15-4-6-16(7-5-15)14-25-10-2-3-11-25/h4-9,12,21H,2-3,10-11,13-14H2,1H3,(H,24,26)/p+1. The maximum Gasteiger partial charge on any atom is 0.387 e. The summed E-state index contributed by atoms with van der Waals surface area (Å²) in [5.74, 6) is -0.334. The number of quaternary nitrogens is 1. The van der Waals surface area contributed by atoms with Crippen LogP contribution in [0.25, 0.3) is 0 Å². The normalized spacial score (nSPS) is 14.3. The average molecular weight is 391 g/mol. The van der Waals surface area contributed by atoms with Crippen molar-refractivity contribution in [3.8, 4) is 11.5 Å². The number of benzene rings is 2. The highest BCUT2D eigenvalue weighted by Gasteiger charge is 2.16. The number of hydrogen-bond acceptors (Lipinski definition) is 3. The number of methoxy groups -OCH3 is 1. The van der Waals surface area contributed by atoms with Crippen LogP contribution in [0.4, 0.5) is 8.78 Å². The molecule has 0 unspecified atom stereocenters. The lowest BCUT2D eigenvalue weighted by Gasteiger charge is -2.13. The molecule has 1 aliphatic heterocycles. The molecule has 0 aliphatic carbocycles. The summed E-state index contributed by atoms with van der Waals surface area (Å²) >= 11 is 0. The predicted molar refractivity (Wildman–Crippen MR) is 101 cm³/mol. The van der Waals surface area contributed by atoms with Gasteiger partial charge in [-0.3, -0.25) is 4.79 Å². The van der Waals surface area contributed by atoms with E-state index in [1.54, 1.807) is 4.90 Å². The summed E-state index contributed by atoms with van der Waals surface area (Å²) in [5.41, 5.74) is 2.61. The molecular weight excluding hydrogens is 366 g/mol. The molecule has 1 aliphatic rings. The van der Waals surface area contributed by atoms with Crippen LogP contribution in [0.2, 0.25) is 0 Å². The van der Waals surface area contributed by atoms with Crippen LogP contribution in [0.1, 0.15) is 34.3 Å². The van der Waals surface area contributed by atoms with Gasteiger partial charge in [-0.25, -0.2) is 0 Å². The molecule has 150 valence electrons. The molecule has 2 aromatic carbocycles. The van der Waals surface area contributed by atoms with Gasteiger partial charge >= 0.3 is 6.61 Å². The number of ether oxygens (including phenoxy) is 2. The Balaban J connectivity index is 1.56. The number of likely N-dealkylation sites (tertiary alicyclic amines) is 1. The molecule has 2 N–H and O–H groups in total. The lowest BCUT2D eigenvalue weighted by molar-refractivity contribution is -0.901. The van der Waals surface area contributed by atoms with Crippen molar-refractivity contribution < 1.29 is 27.9 Å². The Morgan fingerprint density at radius 3 is 2.39 bits per heavy atom. The van der Waals surface area contributed by atoms with Gasteiger partial charge in [0, 0.05) is 30.5 Å². The van der Waals surface area contributed by atoms with E-state index in [1.807, 2.05) is 12.1 Å². The summed E-state index contributed by atoms with van der Waals surface area (Å²) in [6.07, 6.45) is 2.61. The third-order valence-corrected chi connectivity index (χ3v) is 4.88. The third-order valence-electron chi connectivity index (χ3n) is 4.88. The predicted octanol–water partition coefficient (Wildman–Crippen LogP) is 2.41. The first kappa shape index (κ1) is 20.1. The summed E-state index contributed by atoms with van der Waals surface area (Å²) in [6, 6.07) is 12.4. The maximum absolute atomic E-state index is 12.4. The molecular formula is C21H25F2N2O3+. The summed E-state index contributed by atoms with van der Waals surface area (Å²) in [5, 5.41) is 2.83. The molecule has 0 saturated carbocycles. The molecule has 7 heteroatoms. The molecule has 1 saturated heterocycles. The van der Waals surface area contributed by atoms with Crippen molar-refractivity contribution in [2.75, 3.05) is 20.2 Å². The highest BCUT2D eigenvalue weighted by atomic mass is 19.3. The van der Waals surface area contributed by atoms with Crippen molar-refractivity contribution in [1.29, 1.82) is 0 Å². The zero-order valence-corrected chi connectivity index (χ0v) is 15.8. The molecule has 1 heterocycles. The largest absolute Gasteiger partial charge is 0.493 e. The van der Waals surface area contributed by atoms with Crippen molar-refractivity contribution in [2.45, 2.75) is 32.5 Å². The zero-order chi connectivity index (χ0) is 19.9. The Kier molecular flexibility index (Phi) is 6.81. The van der Waals surface area contributed by atoms with Gasteiger partial charge in [-0.05, 0) is 23.8 Å². The van der Waals surface area contributed by atoms with Crippen molar-refractivity contribution in [2.24, 2.45) is 0 Å². The van der Waals surface area contributed by atoms with Gasteiger partial charge in [-0.2, -0.15) is 8.78 Å². The van der Waals surface area contributed by atoms with E-state index in [0.717, 1.165) is 12.1 Å². The lowest BCUT2D eigenvalue weighted by Crippen LogP contribution is -3.08. The van der Waals surface area contributed by atoms with Gasteiger partial charge in [0.25, 0.3) is 5.91 Å². The Morgan fingerprint density at radius 2 is 1.75 bits per heavy atom. The van der Waals surface area contributed by atoms with E-state index in [-0.39, 0.29) is 17.4 Å². The van der Waals surface area contributed by atoms with Gasteiger partial charge in [0.2, 0.25) is 0 Å². The van der Waals surface area contributed by atoms with Crippen LogP contribution in [-0.4, -0.2) is 32.7 Å². The van der Waals surface area contributed by atoms with E-state index < -0.39 is 6.61 Å². The number of halogens is 2. The molecule has 5 nitrogen and oxygen atoms in total. The van der Waals surface area contributed by atoms with Gasteiger partial charge < -0.3 is 19.7 Å². The molecule has 0 spiro atoms. The third kappa shape index (κ3) is 5.42. The molecule has 0 radical (unpaired) electrons. The van der Waals surface area contributed by atoms with Gasteiger partial charge in [0.1, 0.15) is 6.54 Å². The average Bonchev–Trinajstić information content (AvgIpc) is 3.20. The summed E-state index contributed by atoms with van der Waals surface area (Å²) < 4.78 is 34.2. The summed E-state index contributed by atoms with van der Waals surface area (Å²) in [4.78, 5) is 14.0. The fourth-order valence-electron chi connectivity index (χ4n) is 3.40. The molecule has 0 aromatic heterocycles. The maximum atomic E-state index is 12.4. The van der Waals surface area contributed by atoms with E-state index >= 15 is 0 Å². The minimum absolute atomic E-state index is 0.0849. The second-order valence-electron chi connectivity index (χ2n) is 6.88. The molecule has 0 atom stereocenters. The minimum atomic E-state index is -2.95. The Morgan fingerprint density at radius 1 is 1.07 bits per heavy atom. The van der Waals surface area contributed by atoms with Crippen molar-refractivity contribution >= 4 is 5.91 Å². The first-order valence-electron chi connectivity index (χ1n) is 9.37. The minimum Gasteiger partial charge on any atom is -0.493 e. The smallest absolute Gasteiger partial charge is 0.387 e. The first-order chi connectivity index (χ1) is 13.5. The highest BCUT2D eigenvalue weighted by molar-refractivity contribution is 5.94. The topological polar surface area (TPSA) is 52.0 Å². The number of hydrogen-bond donors (Lipinski definition) is 2. The fraction of sp³-hybridized carbons (Fsp3) is 0.381. The fourth-order valence-corrected chi connectivity index (χ4v) is 3.40. The van der Waals surface area contributed by atoms with Gasteiger partial charge in [-0.1, -0.05) is 24.3 Å². The van der Waals surface area contributed by atoms with Crippen LogP contribution < -0.4 is 19.7 Å². The Labute approximate surface area is 163 Å². The van der Waals surface area contributed by atoms with Crippen LogP contribution in [0.15, 0.2) is 42.5 Å². The molecule has 0 bridgehead atoms. The van der Waals surface area contributed by atoms with Gasteiger partial charge in [0.05, 0.1) is 20.2 Å². The van der Waals surface area contributed by atoms with Crippen molar-refractivity contribution in [3.63, 3.8) is 0 Å². The molecule has 1 amide bonds. The van der Waals surface area contributed by atoms with Crippen LogP contribution in [-0.2, 0) is 13.1 Å². The quantitative estimate of drug-likeness (QED) is 0.727. The zero-order valence-electron chi connectivity index (χ0n) is 15.8. The number of rotatable bonds is 8. The van der Waals surface area contributed by atoms with Gasteiger partial charge in [-0.15, -0.1) is 0 Å². The number of carbonyl (C=O) groups is 1. The van der Waals surface area contributed by atoms with E-state index in [1.165, 1.54) is 56.8 Å². The molecule has 28 heavy (non-hydrogen) atoms. The Hall–Kier alpha value is -2.67.